The van der Waals surface area contributed by atoms with Crippen molar-refractivity contribution in [3.8, 4) is 5.75 Å². The lowest BCUT2D eigenvalue weighted by Crippen LogP contribution is -2.20. The predicted molar refractivity (Wildman–Crippen MR) is 48.5 cm³/mol. The minimum Gasteiger partial charge on any atom is -0.508 e. The van der Waals surface area contributed by atoms with Gasteiger partial charge in [-0.1, -0.05) is 0 Å². The average molecular weight is 167 g/mol. The molecule has 0 heterocycles. The third-order valence-corrected chi connectivity index (χ3v) is 1.73. The van der Waals surface area contributed by atoms with Gasteiger partial charge in [0.25, 0.3) is 0 Å². The van der Waals surface area contributed by atoms with E-state index in [-0.39, 0.29) is 12.4 Å². The molecule has 2 N–H and O–H groups in total. The van der Waals surface area contributed by atoms with Crippen LogP contribution in [0.25, 0.3) is 0 Å². The molecule has 1 aromatic rings. The lowest BCUT2D eigenvalue weighted by Gasteiger charge is -2.17. The Kier molecular flexibility index (Phi) is 2.94. The van der Waals surface area contributed by atoms with Gasteiger partial charge in [-0.15, -0.1) is 0 Å². The van der Waals surface area contributed by atoms with Gasteiger partial charge in [0.1, 0.15) is 5.75 Å². The van der Waals surface area contributed by atoms with Crippen LogP contribution in [0.3, 0.4) is 0 Å². The Morgan fingerprint density at radius 3 is 2.33 bits per heavy atom. The Hall–Kier alpha value is -1.22. The molecule has 0 saturated carbocycles. The highest BCUT2D eigenvalue weighted by Crippen LogP contribution is 2.16. The fourth-order valence-electron chi connectivity index (χ4n) is 0.986. The zero-order valence-corrected chi connectivity index (χ0v) is 7.07. The topological polar surface area (TPSA) is 43.7 Å². The van der Waals surface area contributed by atoms with E-state index in [1.807, 2.05) is 24.1 Å². The zero-order valence-electron chi connectivity index (χ0n) is 7.07. The normalized spacial score (nSPS) is 9.83. The number of anilines is 1. The molecule has 0 fully saturated rings. The molecule has 0 aliphatic rings. The number of hydrogen-bond donors (Lipinski definition) is 2. The summed E-state index contributed by atoms with van der Waals surface area (Å²) in [6.07, 6.45) is 0. The van der Waals surface area contributed by atoms with Gasteiger partial charge >= 0.3 is 0 Å². The van der Waals surface area contributed by atoms with E-state index in [4.69, 9.17) is 10.2 Å². The fourth-order valence-corrected chi connectivity index (χ4v) is 0.986. The van der Waals surface area contributed by atoms with Crippen LogP contribution in [0.5, 0.6) is 5.75 Å². The van der Waals surface area contributed by atoms with Crippen LogP contribution in [0.2, 0.25) is 0 Å². The van der Waals surface area contributed by atoms with Crippen molar-refractivity contribution in [2.24, 2.45) is 0 Å². The van der Waals surface area contributed by atoms with E-state index in [9.17, 15) is 0 Å². The molecule has 0 aliphatic carbocycles. The van der Waals surface area contributed by atoms with Crippen molar-refractivity contribution in [2.75, 3.05) is 25.1 Å². The van der Waals surface area contributed by atoms with Gasteiger partial charge in [0.2, 0.25) is 0 Å². The summed E-state index contributed by atoms with van der Waals surface area (Å²) in [6.45, 7) is 0.738. The van der Waals surface area contributed by atoms with E-state index in [0.29, 0.717) is 6.54 Å². The van der Waals surface area contributed by atoms with Gasteiger partial charge in [-0.25, -0.2) is 0 Å². The maximum Gasteiger partial charge on any atom is 0.115 e. The number of nitrogens with zero attached hydrogens (tertiary/aromatic N) is 1. The van der Waals surface area contributed by atoms with Gasteiger partial charge in [-0.3, -0.25) is 0 Å². The molecule has 0 unspecified atom stereocenters. The molecule has 12 heavy (non-hydrogen) atoms. The second kappa shape index (κ2) is 3.97. The standard InChI is InChI=1S/C9H13NO2/c1-10(6-7-11)8-2-4-9(12)5-3-8/h2-5,11-12H,6-7H2,1H3. The molecule has 3 heteroatoms. The smallest absolute Gasteiger partial charge is 0.115 e. The number of aromatic hydroxyl groups is 1. The van der Waals surface area contributed by atoms with Crippen molar-refractivity contribution >= 4 is 5.69 Å². The van der Waals surface area contributed by atoms with Gasteiger partial charge in [0, 0.05) is 19.3 Å². The van der Waals surface area contributed by atoms with Gasteiger partial charge in [-0.05, 0) is 24.3 Å². The molecule has 0 aromatic heterocycles. The molecule has 0 aliphatic heterocycles. The Balaban J connectivity index is 2.68. The van der Waals surface area contributed by atoms with Gasteiger partial charge in [0.15, 0.2) is 0 Å². The molecule has 0 atom stereocenters. The van der Waals surface area contributed by atoms with Crippen molar-refractivity contribution in [1.82, 2.24) is 0 Å². The molecule has 0 amide bonds. The van der Waals surface area contributed by atoms with Crippen LogP contribution in [0.4, 0.5) is 5.69 Å². The molecular formula is C9H13NO2. The summed E-state index contributed by atoms with van der Waals surface area (Å²) < 4.78 is 0. The van der Waals surface area contributed by atoms with Gasteiger partial charge in [-0.2, -0.15) is 0 Å². The molecular weight excluding hydrogens is 154 g/mol. The second-order valence-electron chi connectivity index (χ2n) is 2.66. The van der Waals surface area contributed by atoms with E-state index in [1.165, 1.54) is 0 Å². The summed E-state index contributed by atoms with van der Waals surface area (Å²) in [7, 11) is 1.89. The average Bonchev–Trinajstić information content (AvgIpc) is 2.06. The second-order valence-corrected chi connectivity index (χ2v) is 2.66. The predicted octanol–water partition coefficient (Wildman–Crippen LogP) is 0.821. The third kappa shape index (κ3) is 2.13. The van der Waals surface area contributed by atoms with Crippen molar-refractivity contribution in [1.29, 1.82) is 0 Å². The molecule has 3 nitrogen and oxygen atoms in total. The Labute approximate surface area is 71.9 Å². The van der Waals surface area contributed by atoms with Gasteiger partial charge in [0.05, 0.1) is 6.61 Å². The quantitative estimate of drug-likeness (QED) is 0.700. The van der Waals surface area contributed by atoms with E-state index >= 15 is 0 Å². The van der Waals surface area contributed by atoms with E-state index in [2.05, 4.69) is 0 Å². The first-order valence-corrected chi connectivity index (χ1v) is 3.85. The zero-order chi connectivity index (χ0) is 8.97. The van der Waals surface area contributed by atoms with Crippen LogP contribution < -0.4 is 4.90 Å². The number of aliphatic hydroxyl groups excluding tert-OH is 1. The summed E-state index contributed by atoms with van der Waals surface area (Å²) in [6, 6.07) is 6.88. The number of phenols is 1. The third-order valence-electron chi connectivity index (χ3n) is 1.73. The summed E-state index contributed by atoms with van der Waals surface area (Å²) >= 11 is 0. The molecule has 66 valence electrons. The fraction of sp³-hybridized carbons (Fsp3) is 0.333. The summed E-state index contributed by atoms with van der Waals surface area (Å²) in [4.78, 5) is 1.92. The Morgan fingerprint density at radius 2 is 1.83 bits per heavy atom. The molecule has 0 bridgehead atoms. The van der Waals surface area contributed by atoms with E-state index < -0.39 is 0 Å². The number of rotatable bonds is 3. The van der Waals surface area contributed by atoms with Gasteiger partial charge < -0.3 is 15.1 Å². The first kappa shape index (κ1) is 8.87. The SMILES string of the molecule is CN(CCO)c1ccc(O)cc1. The van der Waals surface area contributed by atoms with Crippen molar-refractivity contribution in [3.63, 3.8) is 0 Å². The first-order valence-electron chi connectivity index (χ1n) is 3.85. The van der Waals surface area contributed by atoms with Crippen LogP contribution >= 0.6 is 0 Å². The number of aliphatic hydroxyl groups is 1. The highest BCUT2D eigenvalue weighted by atomic mass is 16.3. The maximum atomic E-state index is 9.00. The highest BCUT2D eigenvalue weighted by molar-refractivity contribution is 5.47. The van der Waals surface area contributed by atoms with Crippen molar-refractivity contribution in [2.45, 2.75) is 0 Å². The first-order chi connectivity index (χ1) is 5.74. The van der Waals surface area contributed by atoms with E-state index in [0.717, 1.165) is 5.69 Å². The highest BCUT2D eigenvalue weighted by Gasteiger charge is 1.98. The van der Waals surface area contributed by atoms with Crippen LogP contribution in [0.15, 0.2) is 24.3 Å². The van der Waals surface area contributed by atoms with Crippen LogP contribution in [-0.2, 0) is 0 Å². The Bertz CT molecular complexity index is 233. The molecule has 1 aromatic carbocycles. The van der Waals surface area contributed by atoms with Crippen LogP contribution in [0.1, 0.15) is 0 Å². The molecule has 0 spiro atoms. The van der Waals surface area contributed by atoms with E-state index in [1.54, 1.807) is 12.1 Å². The Morgan fingerprint density at radius 1 is 1.25 bits per heavy atom. The van der Waals surface area contributed by atoms with Crippen LogP contribution in [-0.4, -0.2) is 30.4 Å². The summed E-state index contributed by atoms with van der Waals surface area (Å²) in [5.41, 5.74) is 0.988. The molecule has 0 saturated heterocycles. The van der Waals surface area contributed by atoms with Crippen LogP contribution in [0, 0.1) is 0 Å². The molecule has 1 rings (SSSR count). The molecule has 0 radical (unpaired) electrons. The monoisotopic (exact) mass is 167 g/mol. The van der Waals surface area contributed by atoms with Crippen molar-refractivity contribution < 1.29 is 10.2 Å². The summed E-state index contributed by atoms with van der Waals surface area (Å²) in [5.74, 6) is 0.260. The minimum absolute atomic E-state index is 0.136. The number of likely N-dealkylation sites (N-methyl/N-ethyl adjacent to an activating group) is 1. The minimum atomic E-state index is 0.136. The van der Waals surface area contributed by atoms with Crippen molar-refractivity contribution in [3.05, 3.63) is 24.3 Å². The maximum absolute atomic E-state index is 9.00. The number of hydrogen-bond acceptors (Lipinski definition) is 3. The number of phenolic OH excluding ortho intramolecular Hbond substituents is 1. The summed E-state index contributed by atoms with van der Waals surface area (Å²) in [5, 5.41) is 17.7. The lowest BCUT2D eigenvalue weighted by molar-refractivity contribution is 0.304. The largest absolute Gasteiger partial charge is 0.508 e. The number of benzene rings is 1. The lowest BCUT2D eigenvalue weighted by atomic mass is 10.3.